The van der Waals surface area contributed by atoms with Crippen LogP contribution >= 0.6 is 0 Å². The van der Waals surface area contributed by atoms with Crippen molar-refractivity contribution in [2.24, 2.45) is 17.6 Å². The van der Waals surface area contributed by atoms with E-state index in [1.165, 1.54) is 6.42 Å². The van der Waals surface area contributed by atoms with E-state index >= 15 is 0 Å². The van der Waals surface area contributed by atoms with Crippen LogP contribution in [-0.4, -0.2) is 30.9 Å². The zero-order chi connectivity index (χ0) is 10.0. The summed E-state index contributed by atoms with van der Waals surface area (Å²) in [6, 6.07) is 0.0589. The van der Waals surface area contributed by atoms with E-state index in [1.54, 1.807) is 19.0 Å². The van der Waals surface area contributed by atoms with Crippen molar-refractivity contribution in [3.8, 4) is 0 Å². The van der Waals surface area contributed by atoms with Crippen molar-refractivity contribution in [3.05, 3.63) is 0 Å². The van der Waals surface area contributed by atoms with Gasteiger partial charge >= 0.3 is 0 Å². The summed E-state index contributed by atoms with van der Waals surface area (Å²) >= 11 is 0. The number of rotatable bonds is 1. The predicted octanol–water partition coefficient (Wildman–Crippen LogP) is 0.838. The van der Waals surface area contributed by atoms with E-state index in [9.17, 15) is 4.79 Å². The second-order valence-corrected chi connectivity index (χ2v) is 4.32. The fourth-order valence-corrected chi connectivity index (χ4v) is 2.06. The predicted molar refractivity (Wildman–Crippen MR) is 53.2 cm³/mol. The average molecular weight is 184 g/mol. The topological polar surface area (TPSA) is 46.3 Å². The summed E-state index contributed by atoms with van der Waals surface area (Å²) in [4.78, 5) is 13.4. The van der Waals surface area contributed by atoms with Gasteiger partial charge in [-0.15, -0.1) is 0 Å². The lowest BCUT2D eigenvalue weighted by Gasteiger charge is -2.34. The molecule has 13 heavy (non-hydrogen) atoms. The van der Waals surface area contributed by atoms with Gasteiger partial charge in [0, 0.05) is 20.1 Å². The maximum absolute atomic E-state index is 11.7. The zero-order valence-electron chi connectivity index (χ0n) is 8.79. The van der Waals surface area contributed by atoms with Gasteiger partial charge in [0.15, 0.2) is 0 Å². The Morgan fingerprint density at radius 1 is 1.38 bits per heavy atom. The molecule has 1 saturated carbocycles. The Morgan fingerprint density at radius 2 is 2.00 bits per heavy atom. The molecule has 76 valence electrons. The standard InChI is InChI=1S/C10H20N2O/c1-7-5-4-6-8(9(7)11)10(13)12(2)3/h7-9H,4-6,11H2,1-3H3. The summed E-state index contributed by atoms with van der Waals surface area (Å²) in [5.41, 5.74) is 6.01. The minimum Gasteiger partial charge on any atom is -0.349 e. The van der Waals surface area contributed by atoms with E-state index < -0.39 is 0 Å². The van der Waals surface area contributed by atoms with Crippen LogP contribution in [0.5, 0.6) is 0 Å². The quantitative estimate of drug-likeness (QED) is 0.656. The van der Waals surface area contributed by atoms with Crippen molar-refractivity contribution in [1.29, 1.82) is 0 Å². The Morgan fingerprint density at radius 3 is 2.54 bits per heavy atom. The van der Waals surface area contributed by atoms with E-state index in [1.807, 2.05) is 0 Å². The van der Waals surface area contributed by atoms with Crippen LogP contribution in [0.1, 0.15) is 26.2 Å². The Labute approximate surface area is 80.3 Å². The number of hydrogen-bond acceptors (Lipinski definition) is 2. The highest BCUT2D eigenvalue weighted by Crippen LogP contribution is 2.28. The SMILES string of the molecule is CC1CCCC(C(=O)N(C)C)C1N. The number of nitrogens with two attached hydrogens (primary N) is 1. The lowest BCUT2D eigenvalue weighted by molar-refractivity contribution is -0.135. The molecule has 0 aromatic carbocycles. The first kappa shape index (κ1) is 10.5. The number of carbonyl (C=O) groups excluding carboxylic acids is 1. The van der Waals surface area contributed by atoms with E-state index in [2.05, 4.69) is 6.92 Å². The van der Waals surface area contributed by atoms with Crippen molar-refractivity contribution >= 4 is 5.91 Å². The molecule has 0 bridgehead atoms. The van der Waals surface area contributed by atoms with Crippen molar-refractivity contribution in [1.82, 2.24) is 4.90 Å². The van der Waals surface area contributed by atoms with Crippen LogP contribution in [0.4, 0.5) is 0 Å². The van der Waals surface area contributed by atoms with E-state index in [0.717, 1.165) is 12.8 Å². The molecule has 1 amide bonds. The molecule has 3 atom stereocenters. The van der Waals surface area contributed by atoms with Gasteiger partial charge in [0.25, 0.3) is 0 Å². The van der Waals surface area contributed by atoms with Gasteiger partial charge in [-0.05, 0) is 18.8 Å². The molecule has 0 saturated heterocycles. The largest absolute Gasteiger partial charge is 0.349 e. The average Bonchev–Trinajstić information content (AvgIpc) is 2.08. The summed E-state index contributed by atoms with van der Waals surface area (Å²) in [5, 5.41) is 0. The Hall–Kier alpha value is -0.570. The first-order valence-corrected chi connectivity index (χ1v) is 5.00. The smallest absolute Gasteiger partial charge is 0.226 e. The fourth-order valence-electron chi connectivity index (χ4n) is 2.06. The molecule has 1 rings (SSSR count). The van der Waals surface area contributed by atoms with Gasteiger partial charge in [-0.3, -0.25) is 4.79 Å². The van der Waals surface area contributed by atoms with Gasteiger partial charge in [-0.2, -0.15) is 0 Å². The minimum atomic E-state index is 0.0544. The monoisotopic (exact) mass is 184 g/mol. The molecular formula is C10H20N2O. The second-order valence-electron chi connectivity index (χ2n) is 4.32. The molecule has 0 heterocycles. The number of hydrogen-bond donors (Lipinski definition) is 1. The summed E-state index contributed by atoms with van der Waals surface area (Å²) < 4.78 is 0. The van der Waals surface area contributed by atoms with E-state index in [4.69, 9.17) is 5.73 Å². The molecule has 0 aromatic rings. The molecule has 0 aliphatic heterocycles. The van der Waals surface area contributed by atoms with Gasteiger partial charge in [0.05, 0.1) is 5.92 Å². The molecule has 0 spiro atoms. The van der Waals surface area contributed by atoms with Crippen LogP contribution in [-0.2, 0) is 4.79 Å². The third-order valence-corrected chi connectivity index (χ3v) is 3.05. The van der Waals surface area contributed by atoms with Crippen LogP contribution in [0, 0.1) is 11.8 Å². The van der Waals surface area contributed by atoms with Crippen molar-refractivity contribution in [2.75, 3.05) is 14.1 Å². The molecular weight excluding hydrogens is 164 g/mol. The Balaban J connectivity index is 2.62. The van der Waals surface area contributed by atoms with Crippen LogP contribution in [0.3, 0.4) is 0 Å². The third kappa shape index (κ3) is 2.21. The lowest BCUT2D eigenvalue weighted by Crippen LogP contribution is -2.47. The summed E-state index contributed by atoms with van der Waals surface area (Å²) in [6.45, 7) is 2.14. The van der Waals surface area contributed by atoms with Crippen molar-refractivity contribution in [3.63, 3.8) is 0 Å². The molecule has 1 aliphatic rings. The summed E-state index contributed by atoms with van der Waals surface area (Å²) in [7, 11) is 3.60. The Bertz CT molecular complexity index is 191. The Kier molecular flexibility index (Phi) is 3.31. The molecule has 1 aliphatic carbocycles. The van der Waals surface area contributed by atoms with Gasteiger partial charge in [-0.25, -0.2) is 0 Å². The highest BCUT2D eigenvalue weighted by Gasteiger charge is 2.33. The first-order chi connectivity index (χ1) is 6.04. The molecule has 0 aromatic heterocycles. The molecule has 0 radical (unpaired) electrons. The number of nitrogens with zero attached hydrogens (tertiary/aromatic N) is 1. The van der Waals surface area contributed by atoms with Crippen LogP contribution < -0.4 is 5.73 Å². The van der Waals surface area contributed by atoms with Gasteiger partial charge in [-0.1, -0.05) is 13.3 Å². The molecule has 3 unspecified atom stereocenters. The highest BCUT2D eigenvalue weighted by atomic mass is 16.2. The second kappa shape index (κ2) is 4.09. The first-order valence-electron chi connectivity index (χ1n) is 5.00. The summed E-state index contributed by atoms with van der Waals surface area (Å²) in [5.74, 6) is 0.737. The van der Waals surface area contributed by atoms with Gasteiger partial charge < -0.3 is 10.6 Å². The zero-order valence-corrected chi connectivity index (χ0v) is 8.79. The van der Waals surface area contributed by atoms with Crippen molar-refractivity contribution in [2.45, 2.75) is 32.2 Å². The molecule has 1 fully saturated rings. The molecule has 3 heteroatoms. The number of amides is 1. The molecule has 3 nitrogen and oxygen atoms in total. The van der Waals surface area contributed by atoms with Crippen molar-refractivity contribution < 1.29 is 4.79 Å². The lowest BCUT2D eigenvalue weighted by atomic mass is 9.77. The van der Waals surface area contributed by atoms with E-state index in [-0.39, 0.29) is 17.9 Å². The number of carbonyl (C=O) groups is 1. The van der Waals surface area contributed by atoms with E-state index in [0.29, 0.717) is 5.92 Å². The van der Waals surface area contributed by atoms with Crippen LogP contribution in [0.25, 0.3) is 0 Å². The highest BCUT2D eigenvalue weighted by molar-refractivity contribution is 5.79. The fraction of sp³-hybridized carbons (Fsp3) is 0.900. The maximum atomic E-state index is 11.7. The normalized spacial score (nSPS) is 34.3. The van der Waals surface area contributed by atoms with Gasteiger partial charge in [0.2, 0.25) is 5.91 Å². The third-order valence-electron chi connectivity index (χ3n) is 3.05. The minimum absolute atomic E-state index is 0.0544. The molecule has 2 N–H and O–H groups in total. The maximum Gasteiger partial charge on any atom is 0.226 e. The van der Waals surface area contributed by atoms with Crippen LogP contribution in [0.15, 0.2) is 0 Å². The van der Waals surface area contributed by atoms with Gasteiger partial charge in [0.1, 0.15) is 0 Å². The van der Waals surface area contributed by atoms with Crippen LogP contribution in [0.2, 0.25) is 0 Å². The summed E-state index contributed by atoms with van der Waals surface area (Å²) in [6.07, 6.45) is 3.26.